The zero-order valence-corrected chi connectivity index (χ0v) is 35.7. The van der Waals surface area contributed by atoms with Crippen LogP contribution < -0.4 is 15.5 Å². The van der Waals surface area contributed by atoms with Gasteiger partial charge in [-0.2, -0.15) is 13.2 Å². The van der Waals surface area contributed by atoms with Crippen molar-refractivity contribution in [1.82, 2.24) is 29.2 Å². The van der Waals surface area contributed by atoms with Gasteiger partial charge in [0.15, 0.2) is 0 Å². The molecular weight excluding hydrogens is 804 g/mol. The maximum atomic E-state index is 14.3. The van der Waals surface area contributed by atoms with Crippen molar-refractivity contribution in [3.8, 4) is 23.2 Å². The summed E-state index contributed by atoms with van der Waals surface area (Å²) >= 11 is 0. The van der Waals surface area contributed by atoms with Crippen LogP contribution in [0.1, 0.15) is 78.5 Å². The van der Waals surface area contributed by atoms with Gasteiger partial charge in [-0.25, -0.2) is 24.5 Å². The van der Waals surface area contributed by atoms with Gasteiger partial charge >= 0.3 is 18.3 Å². The summed E-state index contributed by atoms with van der Waals surface area (Å²) in [5.41, 5.74) is 3.18. The van der Waals surface area contributed by atoms with Crippen LogP contribution in [0.15, 0.2) is 48.7 Å². The lowest BCUT2D eigenvalue weighted by molar-refractivity contribution is -0.138. The molecule has 17 heteroatoms. The fourth-order valence-electron chi connectivity index (χ4n) is 7.85. The van der Waals surface area contributed by atoms with Crippen LogP contribution in [-0.2, 0) is 42.1 Å². The molecule has 2 N–H and O–H groups in total. The van der Waals surface area contributed by atoms with Crippen LogP contribution in [0.3, 0.4) is 0 Å². The molecule has 5 heterocycles. The zero-order valence-electron chi connectivity index (χ0n) is 35.7. The minimum absolute atomic E-state index is 0.000284. The molecule has 1 saturated heterocycles. The number of ether oxygens (including phenoxy) is 1. The summed E-state index contributed by atoms with van der Waals surface area (Å²) in [4.78, 5) is 67.7. The highest BCUT2D eigenvalue weighted by atomic mass is 19.4. The van der Waals surface area contributed by atoms with E-state index in [1.54, 1.807) is 46.0 Å². The molecule has 2 aromatic carbocycles. The van der Waals surface area contributed by atoms with Gasteiger partial charge < -0.3 is 24.8 Å². The van der Waals surface area contributed by atoms with Crippen LogP contribution in [0.2, 0.25) is 0 Å². The van der Waals surface area contributed by atoms with Gasteiger partial charge in [0.25, 0.3) is 5.91 Å². The number of carbonyl (C=O) groups excluding carboxylic acids is 4. The molecule has 1 fully saturated rings. The van der Waals surface area contributed by atoms with Gasteiger partial charge in [-0.3, -0.25) is 19.4 Å². The van der Waals surface area contributed by atoms with E-state index < -0.39 is 35.4 Å². The van der Waals surface area contributed by atoms with Crippen molar-refractivity contribution in [2.24, 2.45) is 7.05 Å². The number of amides is 4. The van der Waals surface area contributed by atoms with E-state index in [9.17, 15) is 32.3 Å². The summed E-state index contributed by atoms with van der Waals surface area (Å²) in [6, 6.07) is 10.5. The van der Waals surface area contributed by atoms with E-state index in [0.29, 0.717) is 71.9 Å². The first kappa shape index (κ1) is 43.8. The Hall–Kier alpha value is -6.25. The highest BCUT2D eigenvalue weighted by Crippen LogP contribution is 2.36. The smallest absolute Gasteiger partial charge is 0.417 e. The fourth-order valence-corrected chi connectivity index (χ4v) is 7.85. The normalized spacial score (nSPS) is 15.7. The Bertz CT molecular complexity index is 2470. The number of hydrogen-bond donors (Lipinski definition) is 2. The van der Waals surface area contributed by atoms with Gasteiger partial charge in [0.05, 0.1) is 28.9 Å². The van der Waals surface area contributed by atoms with Crippen molar-refractivity contribution >= 4 is 41.1 Å². The third kappa shape index (κ3) is 9.77. The molecule has 0 saturated carbocycles. The Morgan fingerprint density at radius 1 is 0.903 bits per heavy atom. The van der Waals surface area contributed by atoms with Crippen molar-refractivity contribution in [2.45, 2.75) is 65.8 Å². The van der Waals surface area contributed by atoms with Gasteiger partial charge in [0.2, 0.25) is 5.95 Å². The minimum Gasteiger partial charge on any atom is -0.443 e. The Morgan fingerprint density at radius 2 is 1.63 bits per heavy atom. The molecule has 0 aliphatic carbocycles. The summed E-state index contributed by atoms with van der Waals surface area (Å²) in [7, 11) is 1.80. The van der Waals surface area contributed by atoms with E-state index >= 15 is 0 Å². The first-order valence-corrected chi connectivity index (χ1v) is 20.6. The monoisotopic (exact) mass is 853 g/mol. The number of halogens is 3. The summed E-state index contributed by atoms with van der Waals surface area (Å²) in [5.74, 6) is 5.90. The third-order valence-corrected chi connectivity index (χ3v) is 11.1. The molecule has 7 rings (SSSR count). The fraction of sp³-hybridized carbons (Fsp3) is 0.422. The second-order valence-electron chi connectivity index (χ2n) is 16.7. The third-order valence-electron chi connectivity index (χ3n) is 11.1. The standard InChI is InChI=1S/C45H50F3N9O5/c1-7-54-18-20-55(21-19-54)27-32-11-12-33(23-35(32)45(46,47)48)51-42(60)56-16-14-30-22-29(9-13-36(30)56)8-10-31-26-50-41(49-25-28(2)58)52-39(31)38-24-34-37(53(38)6)15-17-57(40(34)59)43(61)62-44(3,4)5/h9,11-13,22-24,26H,7,14-21,25,27H2,1-6H3,(H,51,60)(H,49,50,52). The molecule has 0 bridgehead atoms. The van der Waals surface area contributed by atoms with E-state index in [1.165, 1.54) is 30.2 Å². The van der Waals surface area contributed by atoms with Gasteiger partial charge in [-0.15, -0.1) is 0 Å². The van der Waals surface area contributed by atoms with E-state index in [2.05, 4.69) is 39.3 Å². The van der Waals surface area contributed by atoms with E-state index in [-0.39, 0.29) is 42.6 Å². The topological polar surface area (TPSA) is 145 Å². The number of rotatable bonds is 8. The Labute approximate surface area is 358 Å². The number of alkyl halides is 3. The molecule has 0 spiro atoms. The number of ketones is 1. The van der Waals surface area contributed by atoms with E-state index in [1.807, 2.05) is 15.5 Å². The summed E-state index contributed by atoms with van der Waals surface area (Å²) in [6.45, 7) is 13.2. The largest absolute Gasteiger partial charge is 0.443 e. The summed E-state index contributed by atoms with van der Waals surface area (Å²) < 4.78 is 50.1. The SMILES string of the molecule is CCN1CCN(Cc2ccc(NC(=O)N3CCc4cc(C#Cc5cnc(NCC(C)=O)nc5-c5cc6c(n5C)CCN(C(=O)OC(C)(C)C)C6=O)ccc43)cc2C(F)(F)F)CC1. The highest BCUT2D eigenvalue weighted by molar-refractivity contribution is 6.06. The number of urea groups is 1. The number of nitrogens with zero attached hydrogens (tertiary/aromatic N) is 7. The van der Waals surface area contributed by atoms with E-state index in [4.69, 9.17) is 9.72 Å². The molecule has 3 aliphatic rings. The van der Waals surface area contributed by atoms with Gasteiger partial charge in [0.1, 0.15) is 17.1 Å². The maximum absolute atomic E-state index is 14.3. The number of Topliss-reactive ketones (excluding diaryl/α,β-unsaturated/α-hetero) is 1. The van der Waals surface area contributed by atoms with Gasteiger partial charge in [-0.05, 0) is 88.2 Å². The molecule has 0 atom stereocenters. The number of benzene rings is 2. The van der Waals surface area contributed by atoms with Crippen molar-refractivity contribution in [3.05, 3.63) is 87.7 Å². The molecule has 4 amide bonds. The second-order valence-corrected chi connectivity index (χ2v) is 16.7. The average Bonchev–Trinajstić information content (AvgIpc) is 3.80. The van der Waals surface area contributed by atoms with Crippen LogP contribution in [-0.4, -0.2) is 111 Å². The quantitative estimate of drug-likeness (QED) is 0.187. The number of piperazine rings is 1. The number of anilines is 3. The Kier molecular flexibility index (Phi) is 12.5. The summed E-state index contributed by atoms with van der Waals surface area (Å²) in [5, 5.41) is 5.60. The van der Waals surface area contributed by atoms with Gasteiger partial charge in [-0.1, -0.05) is 24.8 Å². The molecule has 0 radical (unpaired) electrons. The van der Waals surface area contributed by atoms with Crippen LogP contribution in [0.25, 0.3) is 11.4 Å². The van der Waals surface area contributed by atoms with E-state index in [0.717, 1.165) is 36.2 Å². The number of fused-ring (bicyclic) bond motifs is 2. The first-order valence-electron chi connectivity index (χ1n) is 20.6. The predicted molar refractivity (Wildman–Crippen MR) is 228 cm³/mol. The maximum Gasteiger partial charge on any atom is 0.417 e. The van der Waals surface area contributed by atoms with Crippen LogP contribution in [0.4, 0.5) is 40.1 Å². The lowest BCUT2D eigenvalue weighted by Crippen LogP contribution is -2.45. The van der Waals surface area contributed by atoms with Crippen molar-refractivity contribution in [3.63, 3.8) is 0 Å². The van der Waals surface area contributed by atoms with Crippen molar-refractivity contribution in [2.75, 3.05) is 67.9 Å². The first-order chi connectivity index (χ1) is 29.4. The number of likely N-dealkylation sites (N-methyl/N-ethyl adjacent to an activating group) is 1. The zero-order chi connectivity index (χ0) is 44.5. The highest BCUT2D eigenvalue weighted by Gasteiger charge is 2.37. The molecule has 2 aromatic heterocycles. The molecule has 62 heavy (non-hydrogen) atoms. The Morgan fingerprint density at radius 3 is 2.32 bits per heavy atom. The molecule has 0 unspecified atom stereocenters. The predicted octanol–water partition coefficient (Wildman–Crippen LogP) is 6.57. The number of nitrogens with one attached hydrogen (secondary N) is 2. The van der Waals surface area contributed by atoms with Gasteiger partial charge in [0, 0.05) is 88.1 Å². The summed E-state index contributed by atoms with van der Waals surface area (Å²) in [6.07, 6.45) is -2.89. The number of aromatic nitrogens is 3. The molecule has 326 valence electrons. The molecule has 4 aromatic rings. The average molecular weight is 854 g/mol. The lowest BCUT2D eigenvalue weighted by atomic mass is 10.0. The Balaban J connectivity index is 1.10. The van der Waals surface area contributed by atoms with Crippen LogP contribution in [0.5, 0.6) is 0 Å². The van der Waals surface area contributed by atoms with Crippen molar-refractivity contribution in [1.29, 1.82) is 0 Å². The number of hydrogen-bond acceptors (Lipinski definition) is 10. The van der Waals surface area contributed by atoms with Crippen molar-refractivity contribution < 1.29 is 37.1 Å². The minimum atomic E-state index is -4.59. The lowest BCUT2D eigenvalue weighted by Gasteiger charge is -2.34. The number of carbonyl (C=O) groups is 4. The second kappa shape index (κ2) is 17.6. The molecular formula is C45H50F3N9O5. The molecule has 3 aliphatic heterocycles. The number of imide groups is 1. The van der Waals surface area contributed by atoms with Crippen LogP contribution >= 0.6 is 0 Å². The molecule has 14 nitrogen and oxygen atoms in total. The van der Waals surface area contributed by atoms with Crippen LogP contribution in [0, 0.1) is 11.8 Å².